The summed E-state index contributed by atoms with van der Waals surface area (Å²) in [6, 6.07) is 7.96. The summed E-state index contributed by atoms with van der Waals surface area (Å²) in [5, 5.41) is 10.7. The van der Waals surface area contributed by atoms with Gasteiger partial charge in [-0.3, -0.25) is 0 Å². The molecule has 1 saturated carbocycles. The molecule has 4 rings (SSSR count). The Morgan fingerprint density at radius 1 is 1.10 bits per heavy atom. The van der Waals surface area contributed by atoms with Crippen LogP contribution in [0.3, 0.4) is 0 Å². The number of nitrogens with one attached hydrogen (secondary N) is 1. The largest absolute Gasteiger partial charge is 0.393 e. The van der Waals surface area contributed by atoms with Crippen molar-refractivity contribution in [1.82, 2.24) is 15.0 Å². The summed E-state index contributed by atoms with van der Waals surface area (Å²) >= 11 is 0. The molecule has 0 aliphatic heterocycles. The van der Waals surface area contributed by atoms with Crippen LogP contribution < -0.4 is 5.73 Å². The maximum Gasteiger partial charge on any atom is 0.152 e. The molecular weight excluding hydrogens is 264 g/mol. The van der Waals surface area contributed by atoms with Gasteiger partial charge in [0.1, 0.15) is 11.3 Å². The van der Waals surface area contributed by atoms with Crippen molar-refractivity contribution < 1.29 is 5.11 Å². The SMILES string of the molecule is Nc1nc2ccccc2c2[nH]c([C@H]3CC[C@@H](O)CC3)nc12. The molecule has 2 heterocycles. The van der Waals surface area contributed by atoms with Gasteiger partial charge >= 0.3 is 0 Å². The van der Waals surface area contributed by atoms with Gasteiger partial charge < -0.3 is 15.8 Å². The highest BCUT2D eigenvalue weighted by Crippen LogP contribution is 2.34. The third-order valence-electron chi connectivity index (χ3n) is 4.46. The number of aromatic amines is 1. The van der Waals surface area contributed by atoms with E-state index in [1.807, 2.05) is 24.3 Å². The maximum atomic E-state index is 9.64. The van der Waals surface area contributed by atoms with Gasteiger partial charge in [0.15, 0.2) is 5.82 Å². The van der Waals surface area contributed by atoms with E-state index in [4.69, 9.17) is 5.73 Å². The molecule has 0 bridgehead atoms. The predicted molar refractivity (Wildman–Crippen MR) is 83.0 cm³/mol. The lowest BCUT2D eigenvalue weighted by Crippen LogP contribution is -2.17. The second-order valence-corrected chi connectivity index (χ2v) is 5.87. The van der Waals surface area contributed by atoms with E-state index >= 15 is 0 Å². The summed E-state index contributed by atoms with van der Waals surface area (Å²) in [6.07, 6.45) is 3.46. The summed E-state index contributed by atoms with van der Waals surface area (Å²) in [7, 11) is 0. The fourth-order valence-electron chi connectivity index (χ4n) is 3.28. The van der Waals surface area contributed by atoms with Crippen molar-refractivity contribution in [2.45, 2.75) is 37.7 Å². The Morgan fingerprint density at radius 3 is 2.67 bits per heavy atom. The van der Waals surface area contributed by atoms with Crippen LogP contribution in [-0.2, 0) is 0 Å². The molecule has 2 aromatic heterocycles. The highest BCUT2D eigenvalue weighted by molar-refractivity contribution is 6.06. The quantitative estimate of drug-likeness (QED) is 0.640. The van der Waals surface area contributed by atoms with Gasteiger partial charge in [0, 0.05) is 11.3 Å². The predicted octanol–water partition coefficient (Wildman–Crippen LogP) is 2.71. The molecule has 0 atom stereocenters. The summed E-state index contributed by atoms with van der Waals surface area (Å²) in [6.45, 7) is 0. The van der Waals surface area contributed by atoms with Gasteiger partial charge in [-0.15, -0.1) is 0 Å². The smallest absolute Gasteiger partial charge is 0.152 e. The van der Waals surface area contributed by atoms with Crippen molar-refractivity contribution in [1.29, 1.82) is 0 Å². The molecule has 1 aliphatic rings. The molecule has 1 aromatic carbocycles. The van der Waals surface area contributed by atoms with Gasteiger partial charge in [-0.2, -0.15) is 0 Å². The Balaban J connectivity index is 1.85. The normalized spacial score (nSPS) is 22.9. The van der Waals surface area contributed by atoms with Crippen LogP contribution in [0, 0.1) is 0 Å². The number of nitrogen functional groups attached to an aromatic ring is 1. The molecule has 5 nitrogen and oxygen atoms in total. The summed E-state index contributed by atoms with van der Waals surface area (Å²) in [4.78, 5) is 12.6. The Morgan fingerprint density at radius 2 is 1.86 bits per heavy atom. The van der Waals surface area contributed by atoms with Crippen molar-refractivity contribution in [3.05, 3.63) is 30.1 Å². The zero-order valence-electron chi connectivity index (χ0n) is 11.7. The van der Waals surface area contributed by atoms with Crippen LogP contribution >= 0.6 is 0 Å². The van der Waals surface area contributed by atoms with E-state index in [-0.39, 0.29) is 6.10 Å². The standard InChI is InChI=1S/C16H18N4O/c17-15-14-13(11-3-1-2-4-12(11)18-15)19-16(20-14)9-5-7-10(21)8-6-9/h1-4,9-10,21H,5-8H2,(H2,17,18)(H,19,20)/t9-,10+. The number of para-hydroxylation sites is 1. The Kier molecular flexibility index (Phi) is 2.82. The van der Waals surface area contributed by atoms with Gasteiger partial charge in [0.05, 0.1) is 17.1 Å². The number of nitrogens with zero attached hydrogens (tertiary/aromatic N) is 2. The van der Waals surface area contributed by atoms with Crippen LogP contribution in [0.25, 0.3) is 21.9 Å². The third-order valence-corrected chi connectivity index (χ3v) is 4.46. The number of imidazole rings is 1. The zero-order chi connectivity index (χ0) is 14.4. The van der Waals surface area contributed by atoms with E-state index < -0.39 is 0 Å². The van der Waals surface area contributed by atoms with E-state index in [0.717, 1.165) is 53.4 Å². The maximum absolute atomic E-state index is 9.64. The molecule has 0 spiro atoms. The van der Waals surface area contributed by atoms with Crippen LogP contribution in [0.5, 0.6) is 0 Å². The topological polar surface area (TPSA) is 87.8 Å². The molecule has 0 radical (unpaired) electrons. The van der Waals surface area contributed by atoms with Crippen molar-refractivity contribution >= 4 is 27.8 Å². The fourth-order valence-corrected chi connectivity index (χ4v) is 3.28. The van der Waals surface area contributed by atoms with Gasteiger partial charge in [0.2, 0.25) is 0 Å². The average Bonchev–Trinajstić information content (AvgIpc) is 2.94. The zero-order valence-corrected chi connectivity index (χ0v) is 11.7. The number of rotatable bonds is 1. The molecule has 1 aliphatic carbocycles. The Hall–Kier alpha value is -2.14. The van der Waals surface area contributed by atoms with Crippen molar-refractivity contribution in [2.24, 2.45) is 0 Å². The number of hydrogen-bond donors (Lipinski definition) is 3. The van der Waals surface area contributed by atoms with E-state index in [1.165, 1.54) is 0 Å². The lowest BCUT2D eigenvalue weighted by atomic mass is 9.87. The van der Waals surface area contributed by atoms with E-state index in [1.54, 1.807) is 0 Å². The van der Waals surface area contributed by atoms with E-state index in [9.17, 15) is 5.11 Å². The van der Waals surface area contributed by atoms with E-state index in [0.29, 0.717) is 11.7 Å². The highest BCUT2D eigenvalue weighted by atomic mass is 16.3. The number of nitrogens with two attached hydrogens (primary N) is 1. The van der Waals surface area contributed by atoms with Crippen LogP contribution in [-0.4, -0.2) is 26.2 Å². The summed E-state index contributed by atoms with van der Waals surface area (Å²) in [5.41, 5.74) is 8.67. The van der Waals surface area contributed by atoms with E-state index in [2.05, 4.69) is 15.0 Å². The number of anilines is 1. The first-order valence-electron chi connectivity index (χ1n) is 7.44. The van der Waals surface area contributed by atoms with Crippen LogP contribution in [0.15, 0.2) is 24.3 Å². The van der Waals surface area contributed by atoms with Crippen molar-refractivity contribution in [2.75, 3.05) is 5.73 Å². The second kappa shape index (κ2) is 4.70. The van der Waals surface area contributed by atoms with Crippen molar-refractivity contribution in [3.8, 4) is 0 Å². The highest BCUT2D eigenvalue weighted by Gasteiger charge is 2.24. The fraction of sp³-hybridized carbons (Fsp3) is 0.375. The van der Waals surface area contributed by atoms with Gasteiger partial charge in [0.25, 0.3) is 0 Å². The number of aliphatic hydroxyl groups excluding tert-OH is 1. The monoisotopic (exact) mass is 282 g/mol. The molecule has 0 amide bonds. The second-order valence-electron chi connectivity index (χ2n) is 5.87. The molecule has 1 fully saturated rings. The molecule has 0 unspecified atom stereocenters. The lowest BCUT2D eigenvalue weighted by molar-refractivity contribution is 0.121. The van der Waals surface area contributed by atoms with Gasteiger partial charge in [-0.25, -0.2) is 9.97 Å². The first kappa shape index (κ1) is 12.6. The third kappa shape index (κ3) is 2.05. The number of aliphatic hydroxyl groups is 1. The number of pyridine rings is 1. The Bertz CT molecular complexity index is 802. The molecule has 5 heteroatoms. The number of aromatic nitrogens is 3. The first-order chi connectivity index (χ1) is 10.2. The van der Waals surface area contributed by atoms with Crippen LogP contribution in [0.4, 0.5) is 5.82 Å². The molecular formula is C16H18N4O. The van der Waals surface area contributed by atoms with Crippen molar-refractivity contribution in [3.63, 3.8) is 0 Å². The Labute approximate surface area is 122 Å². The molecule has 4 N–H and O–H groups in total. The average molecular weight is 282 g/mol. The summed E-state index contributed by atoms with van der Waals surface area (Å²) < 4.78 is 0. The molecule has 3 aromatic rings. The minimum Gasteiger partial charge on any atom is -0.393 e. The number of fused-ring (bicyclic) bond motifs is 3. The number of hydrogen-bond acceptors (Lipinski definition) is 4. The van der Waals surface area contributed by atoms with Crippen LogP contribution in [0.2, 0.25) is 0 Å². The summed E-state index contributed by atoms with van der Waals surface area (Å²) in [5.74, 6) is 1.82. The number of H-pyrrole nitrogens is 1. The van der Waals surface area contributed by atoms with Crippen LogP contribution in [0.1, 0.15) is 37.4 Å². The molecule has 21 heavy (non-hydrogen) atoms. The van der Waals surface area contributed by atoms with Gasteiger partial charge in [-0.1, -0.05) is 18.2 Å². The first-order valence-corrected chi connectivity index (χ1v) is 7.44. The number of benzene rings is 1. The molecule has 0 saturated heterocycles. The minimum atomic E-state index is -0.154. The van der Waals surface area contributed by atoms with Gasteiger partial charge in [-0.05, 0) is 31.7 Å². The minimum absolute atomic E-state index is 0.154. The molecule has 108 valence electrons. The lowest BCUT2D eigenvalue weighted by Gasteiger charge is -2.23.